The third kappa shape index (κ3) is 3.44. The molecule has 112 valence electrons. The van der Waals surface area contributed by atoms with E-state index in [2.05, 4.69) is 23.1 Å². The van der Waals surface area contributed by atoms with E-state index >= 15 is 0 Å². The first-order chi connectivity index (χ1) is 9.92. The monoisotopic (exact) mass is 305 g/mol. The van der Waals surface area contributed by atoms with Crippen molar-refractivity contribution in [2.45, 2.75) is 38.0 Å². The molecule has 0 aliphatic carbocycles. The van der Waals surface area contributed by atoms with Gasteiger partial charge in [-0.25, -0.2) is 9.78 Å². The van der Waals surface area contributed by atoms with Gasteiger partial charge in [-0.15, -0.1) is 0 Å². The molecule has 0 radical (unpaired) electrons. The predicted molar refractivity (Wildman–Crippen MR) is 82.8 cm³/mol. The van der Waals surface area contributed by atoms with Gasteiger partial charge in [0.25, 0.3) is 0 Å². The van der Waals surface area contributed by atoms with E-state index in [9.17, 15) is 9.90 Å². The molecule has 0 amide bonds. The van der Waals surface area contributed by atoms with Crippen LogP contribution in [-0.4, -0.2) is 25.8 Å². The normalized spacial score (nSPS) is 10.9. The summed E-state index contributed by atoms with van der Waals surface area (Å²) in [5, 5.41) is 14.3. The first kappa shape index (κ1) is 15.6. The Hall–Kier alpha value is -1.82. The number of aromatic nitrogens is 3. The maximum atomic E-state index is 11.4. The van der Waals surface area contributed by atoms with Crippen molar-refractivity contribution in [3.63, 3.8) is 0 Å². The van der Waals surface area contributed by atoms with Gasteiger partial charge in [-0.2, -0.15) is 5.10 Å². The first-order valence-corrected chi connectivity index (χ1v) is 7.77. The number of aromatic carboxylic acids is 1. The van der Waals surface area contributed by atoms with Gasteiger partial charge in [0.15, 0.2) is 0 Å². The molecule has 1 N–H and O–H groups in total. The molecule has 0 saturated heterocycles. The highest BCUT2D eigenvalue weighted by molar-refractivity contribution is 7.98. The van der Waals surface area contributed by atoms with Gasteiger partial charge in [-0.05, 0) is 38.0 Å². The van der Waals surface area contributed by atoms with Crippen LogP contribution in [-0.2, 0) is 19.2 Å². The zero-order valence-corrected chi connectivity index (χ0v) is 13.5. The Balaban J connectivity index is 2.27. The highest BCUT2D eigenvalue weighted by atomic mass is 32.2. The minimum absolute atomic E-state index is 0.295. The number of rotatable bonds is 5. The Morgan fingerprint density at radius 1 is 1.38 bits per heavy atom. The van der Waals surface area contributed by atoms with Gasteiger partial charge < -0.3 is 5.11 Å². The molecule has 0 aromatic carbocycles. The summed E-state index contributed by atoms with van der Waals surface area (Å²) >= 11 is 1.44. The number of carboxylic acids is 1. The average Bonchev–Trinajstić information content (AvgIpc) is 2.75. The molecule has 5 nitrogen and oxygen atoms in total. The predicted octanol–water partition coefficient (Wildman–Crippen LogP) is 2.98. The lowest BCUT2D eigenvalue weighted by Gasteiger charge is -2.09. The van der Waals surface area contributed by atoms with Crippen LogP contribution in [0.25, 0.3) is 0 Å². The molecule has 0 aliphatic rings. The second-order valence-corrected chi connectivity index (χ2v) is 5.92. The molecule has 2 aromatic heterocycles. The Kier molecular flexibility index (Phi) is 4.67. The summed E-state index contributed by atoms with van der Waals surface area (Å²) in [5.41, 5.74) is 3.98. The number of hydrogen-bond donors (Lipinski definition) is 1. The summed E-state index contributed by atoms with van der Waals surface area (Å²) < 4.78 is 1.84. The van der Waals surface area contributed by atoms with Crippen LogP contribution in [0.4, 0.5) is 0 Å². The van der Waals surface area contributed by atoms with Crippen molar-refractivity contribution in [1.82, 2.24) is 14.8 Å². The Morgan fingerprint density at radius 3 is 2.67 bits per heavy atom. The topological polar surface area (TPSA) is 68.0 Å². The van der Waals surface area contributed by atoms with Crippen LogP contribution in [0, 0.1) is 13.8 Å². The van der Waals surface area contributed by atoms with Crippen LogP contribution in [0.2, 0.25) is 0 Å². The van der Waals surface area contributed by atoms with Gasteiger partial charge in [0.1, 0.15) is 5.03 Å². The molecular formula is C15H19N3O2S. The second-order valence-electron chi connectivity index (χ2n) is 4.96. The fourth-order valence-electron chi connectivity index (χ4n) is 2.19. The largest absolute Gasteiger partial charge is 0.478 e. The Morgan fingerprint density at radius 2 is 2.10 bits per heavy atom. The smallest absolute Gasteiger partial charge is 0.338 e. The van der Waals surface area contributed by atoms with E-state index < -0.39 is 5.97 Å². The number of carbonyl (C=O) groups is 1. The lowest BCUT2D eigenvalue weighted by molar-refractivity contribution is 0.0691. The second kappa shape index (κ2) is 6.30. The highest BCUT2D eigenvalue weighted by Gasteiger charge is 2.17. The number of nitrogens with zero attached hydrogens (tertiary/aromatic N) is 3. The molecule has 2 heterocycles. The van der Waals surface area contributed by atoms with E-state index in [0.29, 0.717) is 16.3 Å². The molecule has 0 atom stereocenters. The zero-order valence-electron chi connectivity index (χ0n) is 12.7. The number of aryl methyl sites for hydroxylation is 4. The maximum absolute atomic E-state index is 11.4. The number of hydrogen-bond acceptors (Lipinski definition) is 4. The standard InChI is InChI=1S/C15H19N3O2S/c1-5-11-7-12(18(4)17-11)8-21-14-13(15(19)20)9(2)6-10(3)16-14/h6-7H,5,8H2,1-4H3,(H,19,20). The van der Waals surface area contributed by atoms with Crippen molar-refractivity contribution >= 4 is 17.7 Å². The SMILES string of the molecule is CCc1cc(CSc2nc(C)cc(C)c2C(=O)O)n(C)n1. The molecule has 2 aromatic rings. The van der Waals surface area contributed by atoms with Crippen molar-refractivity contribution in [3.05, 3.63) is 40.3 Å². The van der Waals surface area contributed by atoms with Gasteiger partial charge in [-0.3, -0.25) is 4.68 Å². The molecule has 0 unspecified atom stereocenters. The third-order valence-corrected chi connectivity index (χ3v) is 4.28. The van der Waals surface area contributed by atoms with Crippen molar-refractivity contribution in [2.24, 2.45) is 7.05 Å². The number of pyridine rings is 1. The molecule has 0 aliphatic heterocycles. The molecular weight excluding hydrogens is 286 g/mol. The van der Waals surface area contributed by atoms with Crippen LogP contribution in [0.15, 0.2) is 17.2 Å². The van der Waals surface area contributed by atoms with Crippen LogP contribution in [0.5, 0.6) is 0 Å². The van der Waals surface area contributed by atoms with E-state index in [1.54, 1.807) is 13.0 Å². The van der Waals surface area contributed by atoms with Gasteiger partial charge >= 0.3 is 5.97 Å². The number of carboxylic acid groups (broad SMARTS) is 1. The third-order valence-electron chi connectivity index (χ3n) is 3.27. The molecule has 0 saturated carbocycles. The van der Waals surface area contributed by atoms with Gasteiger partial charge in [0.05, 0.1) is 11.3 Å². The molecule has 6 heteroatoms. The van der Waals surface area contributed by atoms with Gasteiger partial charge in [0.2, 0.25) is 0 Å². The quantitative estimate of drug-likeness (QED) is 0.860. The summed E-state index contributed by atoms with van der Waals surface area (Å²) in [6.45, 7) is 5.75. The summed E-state index contributed by atoms with van der Waals surface area (Å²) in [6.07, 6.45) is 0.890. The van der Waals surface area contributed by atoms with Crippen molar-refractivity contribution < 1.29 is 9.90 Å². The minimum atomic E-state index is -0.929. The average molecular weight is 305 g/mol. The summed E-state index contributed by atoms with van der Waals surface area (Å²) in [4.78, 5) is 15.8. The summed E-state index contributed by atoms with van der Waals surface area (Å²) in [7, 11) is 1.90. The Bertz CT molecular complexity index is 680. The highest BCUT2D eigenvalue weighted by Crippen LogP contribution is 2.27. The Labute approximate surface area is 128 Å². The van der Waals surface area contributed by atoms with E-state index in [4.69, 9.17) is 0 Å². The molecule has 21 heavy (non-hydrogen) atoms. The van der Waals surface area contributed by atoms with Crippen molar-refractivity contribution in [2.75, 3.05) is 0 Å². The maximum Gasteiger partial charge on any atom is 0.338 e. The zero-order chi connectivity index (χ0) is 15.6. The van der Waals surface area contributed by atoms with Crippen LogP contribution in [0.3, 0.4) is 0 Å². The van der Waals surface area contributed by atoms with Gasteiger partial charge in [0, 0.05) is 24.2 Å². The van der Waals surface area contributed by atoms with Crippen LogP contribution in [0.1, 0.15) is 39.9 Å². The minimum Gasteiger partial charge on any atom is -0.478 e. The van der Waals surface area contributed by atoms with Crippen LogP contribution >= 0.6 is 11.8 Å². The van der Waals surface area contributed by atoms with E-state index in [1.807, 2.05) is 18.7 Å². The van der Waals surface area contributed by atoms with E-state index in [-0.39, 0.29) is 0 Å². The summed E-state index contributed by atoms with van der Waals surface area (Å²) in [5.74, 6) is -0.276. The summed E-state index contributed by atoms with van der Waals surface area (Å²) in [6, 6.07) is 3.85. The lowest BCUT2D eigenvalue weighted by atomic mass is 10.1. The van der Waals surface area contributed by atoms with E-state index in [1.165, 1.54) is 11.8 Å². The van der Waals surface area contributed by atoms with Gasteiger partial charge in [-0.1, -0.05) is 18.7 Å². The molecule has 2 rings (SSSR count). The fraction of sp³-hybridized carbons (Fsp3) is 0.400. The fourth-order valence-corrected chi connectivity index (χ4v) is 3.34. The van der Waals surface area contributed by atoms with Crippen LogP contribution < -0.4 is 0 Å². The molecule has 0 bridgehead atoms. The van der Waals surface area contributed by atoms with Crippen molar-refractivity contribution in [3.8, 4) is 0 Å². The molecule has 0 spiro atoms. The lowest BCUT2D eigenvalue weighted by Crippen LogP contribution is -2.06. The first-order valence-electron chi connectivity index (χ1n) is 6.78. The van der Waals surface area contributed by atoms with Crippen molar-refractivity contribution in [1.29, 1.82) is 0 Å². The molecule has 0 fully saturated rings. The van der Waals surface area contributed by atoms with E-state index in [0.717, 1.165) is 29.1 Å². The number of thioether (sulfide) groups is 1.